The number of unbranched alkanes of at least 4 members (excludes halogenated alkanes) is 40. The van der Waals surface area contributed by atoms with E-state index in [0.29, 0.717) is 23.9 Å². The van der Waals surface area contributed by atoms with Crippen LogP contribution in [0.4, 0.5) is 0 Å². The van der Waals surface area contributed by atoms with Crippen LogP contribution in [0, 0.1) is 0 Å². The number of rotatable bonds is 65. The van der Waals surface area contributed by atoms with Gasteiger partial charge in [-0.3, -0.25) is 9.36 Å². The van der Waals surface area contributed by atoms with Crippen molar-refractivity contribution in [2.45, 2.75) is 347 Å². The Hall–Kier alpha value is -2.06. The monoisotopic (exact) mass is 1170 g/mol. The SMILES string of the molecule is CC/C=C\C/C=C\C/C=C\C/C=C\C/C=C\C/C=C\CCCCCCCCCCCCCCC(=O)NC(COP(=O)([O-])OCC[N+](C)(C)C)C(O)CCCCCCCCCCCCCCCCCCCCCCCCCCCCCCC. The molecule has 0 fully saturated rings. The van der Waals surface area contributed by atoms with Gasteiger partial charge in [0, 0.05) is 6.42 Å². The Labute approximate surface area is 510 Å². The first-order valence-corrected chi connectivity index (χ1v) is 36.7. The lowest BCUT2D eigenvalue weighted by Gasteiger charge is -2.30. The molecule has 3 unspecified atom stereocenters. The maximum Gasteiger partial charge on any atom is 0.268 e. The number of carbonyl (C=O) groups is 1. The molecular weight excluding hydrogens is 1030 g/mol. The topological polar surface area (TPSA) is 108 Å². The van der Waals surface area contributed by atoms with Gasteiger partial charge in [0.1, 0.15) is 13.2 Å². The Balaban J connectivity index is 4.05. The van der Waals surface area contributed by atoms with Gasteiger partial charge in [0.05, 0.1) is 39.9 Å². The Bertz CT molecular complexity index is 1570. The third kappa shape index (κ3) is 65.5. The van der Waals surface area contributed by atoms with Gasteiger partial charge >= 0.3 is 0 Å². The molecule has 0 radical (unpaired) electrons. The Morgan fingerprint density at radius 2 is 0.744 bits per heavy atom. The highest BCUT2D eigenvalue weighted by Gasteiger charge is 2.24. The third-order valence-electron chi connectivity index (χ3n) is 16.0. The number of aliphatic hydroxyl groups is 1. The molecule has 0 aromatic heterocycles. The van der Waals surface area contributed by atoms with Gasteiger partial charge in [0.25, 0.3) is 7.82 Å². The number of allylic oxidation sites excluding steroid dienone is 12. The fourth-order valence-corrected chi connectivity index (χ4v) is 11.2. The van der Waals surface area contributed by atoms with Gasteiger partial charge in [-0.1, -0.05) is 337 Å². The molecule has 8 nitrogen and oxygen atoms in total. The summed E-state index contributed by atoms with van der Waals surface area (Å²) >= 11 is 0. The molecule has 0 saturated heterocycles. The normalized spacial score (nSPS) is 14.1. The predicted octanol–water partition coefficient (Wildman–Crippen LogP) is 21.9. The average molecular weight is 1170 g/mol. The van der Waals surface area contributed by atoms with E-state index in [1.165, 1.54) is 231 Å². The largest absolute Gasteiger partial charge is 0.756 e. The van der Waals surface area contributed by atoms with E-state index in [1.807, 2.05) is 21.1 Å². The van der Waals surface area contributed by atoms with E-state index < -0.39 is 20.0 Å². The Kier molecular flexibility index (Phi) is 61.8. The van der Waals surface area contributed by atoms with Crippen molar-refractivity contribution < 1.29 is 32.9 Å². The fraction of sp³-hybridized carbons (Fsp3) is 0.822. The molecule has 0 bridgehead atoms. The maximum absolute atomic E-state index is 13.1. The predicted molar refractivity (Wildman–Crippen MR) is 357 cm³/mol. The molecule has 2 N–H and O–H groups in total. The molecule has 0 heterocycles. The van der Waals surface area contributed by atoms with Gasteiger partial charge in [-0.05, 0) is 64.2 Å². The van der Waals surface area contributed by atoms with Gasteiger partial charge < -0.3 is 28.8 Å². The summed E-state index contributed by atoms with van der Waals surface area (Å²) in [6, 6.07) is -0.807. The highest BCUT2D eigenvalue weighted by Crippen LogP contribution is 2.38. The second-order valence-electron chi connectivity index (χ2n) is 25.2. The minimum absolute atomic E-state index is 0.0103. The van der Waals surface area contributed by atoms with E-state index in [4.69, 9.17) is 9.05 Å². The summed E-state index contributed by atoms with van der Waals surface area (Å²) in [5, 5.41) is 14.1. The number of aliphatic hydroxyl groups excluding tert-OH is 1. The van der Waals surface area contributed by atoms with Gasteiger partial charge in [-0.2, -0.15) is 0 Å². The highest BCUT2D eigenvalue weighted by molar-refractivity contribution is 7.45. The molecule has 0 rings (SSSR count). The first-order chi connectivity index (χ1) is 40.0. The van der Waals surface area contributed by atoms with Crippen molar-refractivity contribution in [1.29, 1.82) is 0 Å². The molecule has 0 aliphatic heterocycles. The van der Waals surface area contributed by atoms with Crippen LogP contribution in [0.5, 0.6) is 0 Å². The van der Waals surface area contributed by atoms with E-state index in [-0.39, 0.29) is 19.1 Å². The number of phosphoric ester groups is 1. The minimum atomic E-state index is -4.58. The minimum Gasteiger partial charge on any atom is -0.756 e. The van der Waals surface area contributed by atoms with Gasteiger partial charge in [-0.15, -0.1) is 0 Å². The molecule has 0 aromatic rings. The first kappa shape index (κ1) is 79.9. The van der Waals surface area contributed by atoms with E-state index >= 15 is 0 Å². The van der Waals surface area contributed by atoms with Crippen LogP contribution in [-0.4, -0.2) is 68.5 Å². The quantitative estimate of drug-likeness (QED) is 0.0272. The van der Waals surface area contributed by atoms with Crippen molar-refractivity contribution in [3.8, 4) is 0 Å². The summed E-state index contributed by atoms with van der Waals surface area (Å²) in [4.78, 5) is 25.7. The maximum atomic E-state index is 13.1. The smallest absolute Gasteiger partial charge is 0.268 e. The molecule has 9 heteroatoms. The number of hydrogen-bond donors (Lipinski definition) is 2. The molecule has 3 atom stereocenters. The average Bonchev–Trinajstić information content (AvgIpc) is 3.47. The zero-order valence-electron chi connectivity index (χ0n) is 54.9. The van der Waals surface area contributed by atoms with Crippen molar-refractivity contribution in [2.75, 3.05) is 40.9 Å². The van der Waals surface area contributed by atoms with Crippen LogP contribution in [-0.2, 0) is 18.4 Å². The van der Waals surface area contributed by atoms with Crippen molar-refractivity contribution in [2.24, 2.45) is 0 Å². The van der Waals surface area contributed by atoms with E-state index in [0.717, 1.165) is 77.0 Å². The molecule has 0 aromatic carbocycles. The molecular formula is C73H137N2O6P. The number of phosphoric acid groups is 1. The number of carbonyl (C=O) groups excluding carboxylic acids is 1. The molecule has 0 aliphatic carbocycles. The molecule has 480 valence electrons. The summed E-state index contributed by atoms with van der Waals surface area (Å²) in [6.45, 7) is 4.65. The van der Waals surface area contributed by atoms with Gasteiger partial charge in [-0.25, -0.2) is 0 Å². The third-order valence-corrected chi connectivity index (χ3v) is 16.9. The zero-order chi connectivity index (χ0) is 59.8. The van der Waals surface area contributed by atoms with Crippen LogP contribution in [0.1, 0.15) is 335 Å². The standard InChI is InChI=1S/C73H137N2O6P/c1-6-8-10-12-14-16-18-20-22-24-26-28-30-32-34-36-37-39-41-43-45-47-49-51-53-55-57-59-61-63-65-67-73(77)74-71(70-81-82(78,79)80-69-68-75(3,4)5)72(76)66-64-62-60-58-56-54-52-50-48-46-44-42-40-38-35-33-31-29-27-25-23-21-19-17-15-13-11-9-7-2/h8,10,14,16,20,22,26,28,32,34,37,39,71-72,76H,6-7,9,11-13,15,17-19,21,23-25,27,29-31,33,35-36,38,40-70H2,1-5H3,(H-,74,77,78,79)/b10-8-,16-14-,22-20-,28-26-,34-32-,39-37-. The van der Waals surface area contributed by atoms with Crippen LogP contribution >= 0.6 is 7.82 Å². The van der Waals surface area contributed by atoms with Gasteiger partial charge in [0.2, 0.25) is 5.91 Å². The van der Waals surface area contributed by atoms with E-state index in [1.54, 1.807) is 0 Å². The van der Waals surface area contributed by atoms with Crippen molar-refractivity contribution in [1.82, 2.24) is 5.32 Å². The zero-order valence-corrected chi connectivity index (χ0v) is 55.8. The summed E-state index contributed by atoms with van der Waals surface area (Å²) in [5.74, 6) is -0.165. The molecule has 0 spiro atoms. The van der Waals surface area contributed by atoms with Gasteiger partial charge in [0.15, 0.2) is 0 Å². The summed E-state index contributed by atoms with van der Waals surface area (Å²) in [6.07, 6.45) is 88.3. The summed E-state index contributed by atoms with van der Waals surface area (Å²) < 4.78 is 23.5. The van der Waals surface area contributed by atoms with Crippen LogP contribution in [0.2, 0.25) is 0 Å². The molecule has 1 amide bonds. The molecule has 0 aliphatic rings. The lowest BCUT2D eigenvalue weighted by Crippen LogP contribution is -2.46. The van der Waals surface area contributed by atoms with E-state index in [2.05, 4.69) is 92.1 Å². The van der Waals surface area contributed by atoms with E-state index in [9.17, 15) is 19.4 Å². The lowest BCUT2D eigenvalue weighted by atomic mass is 10.0. The summed E-state index contributed by atoms with van der Waals surface area (Å²) in [5.41, 5.74) is 0. The lowest BCUT2D eigenvalue weighted by molar-refractivity contribution is -0.870. The van der Waals surface area contributed by atoms with Crippen LogP contribution < -0.4 is 10.2 Å². The molecule has 0 saturated carbocycles. The number of nitrogens with zero attached hydrogens (tertiary/aromatic N) is 1. The number of hydrogen-bond acceptors (Lipinski definition) is 6. The first-order valence-electron chi connectivity index (χ1n) is 35.3. The van der Waals surface area contributed by atoms with Crippen molar-refractivity contribution in [3.63, 3.8) is 0 Å². The Morgan fingerprint density at radius 3 is 1.09 bits per heavy atom. The fourth-order valence-electron chi connectivity index (χ4n) is 10.5. The van der Waals surface area contributed by atoms with Crippen LogP contribution in [0.15, 0.2) is 72.9 Å². The van der Waals surface area contributed by atoms with Crippen LogP contribution in [0.3, 0.4) is 0 Å². The number of likely N-dealkylation sites (N-methyl/N-ethyl adjacent to an activating group) is 1. The van der Waals surface area contributed by atoms with Crippen molar-refractivity contribution in [3.05, 3.63) is 72.9 Å². The second-order valence-corrected chi connectivity index (χ2v) is 26.6. The van der Waals surface area contributed by atoms with Crippen LogP contribution in [0.25, 0.3) is 0 Å². The Morgan fingerprint density at radius 1 is 0.439 bits per heavy atom. The number of nitrogens with one attached hydrogen (secondary N) is 1. The number of quaternary nitrogens is 1. The highest BCUT2D eigenvalue weighted by atomic mass is 31.2. The molecule has 82 heavy (non-hydrogen) atoms. The number of amides is 1. The second kappa shape index (κ2) is 63.4. The van der Waals surface area contributed by atoms with Crippen molar-refractivity contribution >= 4 is 13.7 Å². The summed E-state index contributed by atoms with van der Waals surface area (Å²) in [7, 11) is 1.31.